The molecule has 21 heavy (non-hydrogen) atoms. The predicted octanol–water partition coefficient (Wildman–Crippen LogP) is -0.894. The maximum atomic E-state index is 12.1. The monoisotopic (exact) mass is 319 g/mol. The van der Waals surface area contributed by atoms with E-state index < -0.39 is 10.0 Å². The van der Waals surface area contributed by atoms with Crippen molar-refractivity contribution in [1.82, 2.24) is 14.5 Å². The van der Waals surface area contributed by atoms with E-state index in [0.29, 0.717) is 19.6 Å². The van der Waals surface area contributed by atoms with Crippen molar-refractivity contribution in [3.8, 4) is 0 Å². The molecule has 122 valence electrons. The van der Waals surface area contributed by atoms with Crippen LogP contribution in [-0.4, -0.2) is 82.3 Å². The van der Waals surface area contributed by atoms with Crippen LogP contribution in [0.25, 0.3) is 0 Å². The Hall–Kier alpha value is -0.700. The third kappa shape index (κ3) is 5.21. The van der Waals surface area contributed by atoms with E-state index in [2.05, 4.69) is 10.2 Å². The highest BCUT2D eigenvalue weighted by atomic mass is 32.2. The second-order valence-corrected chi connectivity index (χ2v) is 7.69. The molecule has 2 aliphatic rings. The van der Waals surface area contributed by atoms with Crippen LogP contribution in [0.2, 0.25) is 0 Å². The smallest absolute Gasteiger partial charge is 0.224 e. The Morgan fingerprint density at radius 2 is 2.00 bits per heavy atom. The molecule has 2 aliphatic heterocycles. The van der Waals surface area contributed by atoms with Crippen LogP contribution in [0, 0.1) is 5.92 Å². The maximum absolute atomic E-state index is 12.1. The first kappa shape index (κ1) is 16.7. The molecule has 8 heteroatoms. The van der Waals surface area contributed by atoms with Gasteiger partial charge in [-0.2, -0.15) is 0 Å². The Morgan fingerprint density at radius 1 is 1.29 bits per heavy atom. The summed E-state index contributed by atoms with van der Waals surface area (Å²) in [6, 6.07) is 0. The summed E-state index contributed by atoms with van der Waals surface area (Å²) in [5.41, 5.74) is 0. The molecule has 2 fully saturated rings. The van der Waals surface area contributed by atoms with Gasteiger partial charge in [0.15, 0.2) is 0 Å². The first-order valence-electron chi connectivity index (χ1n) is 7.50. The molecule has 2 rings (SSSR count). The number of piperidine rings is 1. The van der Waals surface area contributed by atoms with Crippen LogP contribution in [0.3, 0.4) is 0 Å². The Balaban J connectivity index is 1.72. The van der Waals surface area contributed by atoms with Crippen LogP contribution >= 0.6 is 0 Å². The van der Waals surface area contributed by atoms with E-state index in [9.17, 15) is 13.2 Å². The van der Waals surface area contributed by atoms with Crippen molar-refractivity contribution in [3.63, 3.8) is 0 Å². The quantitative estimate of drug-likeness (QED) is 0.711. The normalized spacial score (nSPS) is 25.7. The van der Waals surface area contributed by atoms with Gasteiger partial charge in [0, 0.05) is 39.3 Å². The fraction of sp³-hybridized carbons (Fsp3) is 0.923. The fourth-order valence-corrected chi connectivity index (χ4v) is 3.68. The minimum Gasteiger partial charge on any atom is -0.379 e. The van der Waals surface area contributed by atoms with Crippen LogP contribution in [0.5, 0.6) is 0 Å². The van der Waals surface area contributed by atoms with E-state index in [0.717, 1.165) is 45.7 Å². The lowest BCUT2D eigenvalue weighted by molar-refractivity contribution is -0.126. The average molecular weight is 319 g/mol. The van der Waals surface area contributed by atoms with Gasteiger partial charge in [-0.1, -0.05) is 0 Å². The summed E-state index contributed by atoms with van der Waals surface area (Å²) in [6.45, 7) is 5.56. The summed E-state index contributed by atoms with van der Waals surface area (Å²) in [4.78, 5) is 14.4. The third-order valence-corrected chi connectivity index (χ3v) is 5.32. The lowest BCUT2D eigenvalue weighted by atomic mass is 9.99. The molecule has 0 aromatic heterocycles. The molecule has 0 radical (unpaired) electrons. The number of carbonyl (C=O) groups is 1. The summed E-state index contributed by atoms with van der Waals surface area (Å²) in [7, 11) is -3.20. The molecule has 1 N–H and O–H groups in total. The highest BCUT2D eigenvalue weighted by Crippen LogP contribution is 2.18. The molecule has 0 aromatic rings. The van der Waals surface area contributed by atoms with Crippen LogP contribution < -0.4 is 5.32 Å². The number of amides is 1. The molecule has 0 bridgehead atoms. The molecule has 1 atom stereocenters. The van der Waals surface area contributed by atoms with E-state index in [1.54, 1.807) is 0 Å². The van der Waals surface area contributed by atoms with E-state index in [1.807, 2.05) is 0 Å². The molecule has 2 heterocycles. The number of ether oxygens (including phenoxy) is 1. The predicted molar refractivity (Wildman–Crippen MR) is 79.4 cm³/mol. The van der Waals surface area contributed by atoms with Crippen molar-refractivity contribution in [2.24, 2.45) is 5.92 Å². The van der Waals surface area contributed by atoms with Crippen molar-refractivity contribution < 1.29 is 17.9 Å². The Bertz CT molecular complexity index is 448. The number of carbonyl (C=O) groups excluding carboxylic acids is 1. The van der Waals surface area contributed by atoms with Crippen molar-refractivity contribution in [3.05, 3.63) is 0 Å². The zero-order chi connectivity index (χ0) is 15.3. The molecule has 0 aliphatic carbocycles. The van der Waals surface area contributed by atoms with Gasteiger partial charge in [-0.3, -0.25) is 9.69 Å². The number of sulfonamides is 1. The van der Waals surface area contributed by atoms with E-state index in [1.165, 1.54) is 10.6 Å². The Morgan fingerprint density at radius 3 is 2.67 bits per heavy atom. The minimum absolute atomic E-state index is 0.0309. The SMILES string of the molecule is CS(=O)(=O)N1CCCC(C(=O)NCCN2CCOCC2)C1. The van der Waals surface area contributed by atoms with Gasteiger partial charge in [0.1, 0.15) is 0 Å². The van der Waals surface area contributed by atoms with Crippen molar-refractivity contribution in [1.29, 1.82) is 0 Å². The Labute approximate surface area is 126 Å². The topological polar surface area (TPSA) is 79.0 Å². The fourth-order valence-electron chi connectivity index (χ4n) is 2.76. The highest BCUT2D eigenvalue weighted by molar-refractivity contribution is 7.88. The largest absolute Gasteiger partial charge is 0.379 e. The second-order valence-electron chi connectivity index (χ2n) is 5.71. The lowest BCUT2D eigenvalue weighted by Gasteiger charge is -2.30. The van der Waals surface area contributed by atoms with Crippen LogP contribution in [0.15, 0.2) is 0 Å². The summed E-state index contributed by atoms with van der Waals surface area (Å²) in [5.74, 6) is -0.255. The standard InChI is InChI=1S/C13H25N3O4S/c1-21(18,19)16-5-2-3-12(11-16)13(17)14-4-6-15-7-9-20-10-8-15/h12H,2-11H2,1H3,(H,14,17). The van der Waals surface area contributed by atoms with Gasteiger partial charge in [0.05, 0.1) is 25.4 Å². The first-order chi connectivity index (χ1) is 9.97. The summed E-state index contributed by atoms with van der Waals surface area (Å²) >= 11 is 0. The molecule has 0 saturated carbocycles. The van der Waals surface area contributed by atoms with Gasteiger partial charge in [0.2, 0.25) is 15.9 Å². The molecule has 2 saturated heterocycles. The lowest BCUT2D eigenvalue weighted by Crippen LogP contribution is -2.47. The average Bonchev–Trinajstić information content (AvgIpc) is 2.47. The van der Waals surface area contributed by atoms with E-state index in [4.69, 9.17) is 4.74 Å². The number of hydrogen-bond acceptors (Lipinski definition) is 5. The number of hydrogen-bond donors (Lipinski definition) is 1. The van der Waals surface area contributed by atoms with Crippen molar-refractivity contribution in [2.75, 3.05) is 58.7 Å². The maximum Gasteiger partial charge on any atom is 0.224 e. The zero-order valence-corrected chi connectivity index (χ0v) is 13.4. The number of nitrogens with zero attached hydrogens (tertiary/aromatic N) is 2. The van der Waals surface area contributed by atoms with Crippen LogP contribution in [0.1, 0.15) is 12.8 Å². The Kier molecular flexibility index (Phi) is 5.98. The molecule has 1 unspecified atom stereocenters. The van der Waals surface area contributed by atoms with Crippen molar-refractivity contribution in [2.45, 2.75) is 12.8 Å². The molecular weight excluding hydrogens is 294 g/mol. The second kappa shape index (κ2) is 7.53. The van der Waals surface area contributed by atoms with E-state index in [-0.39, 0.29) is 11.8 Å². The van der Waals surface area contributed by atoms with Gasteiger partial charge < -0.3 is 10.1 Å². The number of nitrogens with one attached hydrogen (secondary N) is 1. The first-order valence-corrected chi connectivity index (χ1v) is 9.34. The van der Waals surface area contributed by atoms with Gasteiger partial charge in [-0.25, -0.2) is 12.7 Å². The van der Waals surface area contributed by atoms with Crippen LogP contribution in [-0.2, 0) is 19.6 Å². The van der Waals surface area contributed by atoms with E-state index >= 15 is 0 Å². The minimum atomic E-state index is -3.20. The third-order valence-electron chi connectivity index (χ3n) is 4.05. The molecule has 1 amide bonds. The summed E-state index contributed by atoms with van der Waals surface area (Å²) in [6.07, 6.45) is 2.70. The van der Waals surface area contributed by atoms with Gasteiger partial charge >= 0.3 is 0 Å². The van der Waals surface area contributed by atoms with Gasteiger partial charge in [-0.05, 0) is 12.8 Å². The van der Waals surface area contributed by atoms with Crippen LogP contribution in [0.4, 0.5) is 0 Å². The zero-order valence-electron chi connectivity index (χ0n) is 12.6. The highest BCUT2D eigenvalue weighted by Gasteiger charge is 2.29. The van der Waals surface area contributed by atoms with Gasteiger partial charge in [0.25, 0.3) is 0 Å². The molecular formula is C13H25N3O4S. The summed E-state index contributed by atoms with van der Waals surface area (Å²) < 4.78 is 29.8. The molecule has 0 spiro atoms. The number of rotatable bonds is 5. The molecule has 7 nitrogen and oxygen atoms in total. The molecule has 0 aromatic carbocycles. The summed E-state index contributed by atoms with van der Waals surface area (Å²) in [5, 5.41) is 2.93. The number of morpholine rings is 1. The van der Waals surface area contributed by atoms with Gasteiger partial charge in [-0.15, -0.1) is 0 Å². The van der Waals surface area contributed by atoms with Crippen molar-refractivity contribution >= 4 is 15.9 Å².